The standard InChI is InChI=1S/C17H17N3O3S/c18-24(22,23)14-6-4-12(5-7-14)8-10-20-17(21)15-3-1-2-13-9-11-19-16(13)15/h1-7,9,11,19H,8,10H2,(H,20,21)(H2,18,22,23). The van der Waals surface area contributed by atoms with Gasteiger partial charge < -0.3 is 10.3 Å². The molecule has 0 bridgehead atoms. The summed E-state index contributed by atoms with van der Waals surface area (Å²) in [7, 11) is -3.68. The van der Waals surface area contributed by atoms with Gasteiger partial charge in [0.15, 0.2) is 0 Å². The van der Waals surface area contributed by atoms with E-state index in [1.54, 1.807) is 24.4 Å². The summed E-state index contributed by atoms with van der Waals surface area (Å²) in [6, 6.07) is 13.8. The monoisotopic (exact) mass is 343 g/mol. The van der Waals surface area contributed by atoms with Crippen LogP contribution in [-0.4, -0.2) is 25.9 Å². The Morgan fingerprint density at radius 3 is 2.54 bits per heavy atom. The minimum absolute atomic E-state index is 0.0775. The van der Waals surface area contributed by atoms with Crippen molar-refractivity contribution in [1.29, 1.82) is 0 Å². The third kappa shape index (κ3) is 3.47. The van der Waals surface area contributed by atoms with Gasteiger partial charge >= 0.3 is 0 Å². The number of nitrogens with one attached hydrogen (secondary N) is 2. The van der Waals surface area contributed by atoms with E-state index in [0.717, 1.165) is 16.5 Å². The summed E-state index contributed by atoms with van der Waals surface area (Å²) in [5.41, 5.74) is 2.33. The number of H-pyrrole nitrogens is 1. The number of hydrogen-bond acceptors (Lipinski definition) is 3. The van der Waals surface area contributed by atoms with Gasteiger partial charge in [-0.15, -0.1) is 0 Å². The fraction of sp³-hybridized carbons (Fsp3) is 0.118. The zero-order valence-electron chi connectivity index (χ0n) is 12.8. The molecule has 0 saturated carbocycles. The highest BCUT2D eigenvalue weighted by molar-refractivity contribution is 7.89. The summed E-state index contributed by atoms with van der Waals surface area (Å²) in [5, 5.41) is 8.92. The Morgan fingerprint density at radius 2 is 1.83 bits per heavy atom. The predicted octanol–water partition coefficient (Wildman–Crippen LogP) is 1.79. The molecule has 24 heavy (non-hydrogen) atoms. The van der Waals surface area contributed by atoms with E-state index >= 15 is 0 Å². The van der Waals surface area contributed by atoms with E-state index in [9.17, 15) is 13.2 Å². The van der Waals surface area contributed by atoms with Crippen LogP contribution in [0.15, 0.2) is 59.6 Å². The maximum atomic E-state index is 12.3. The molecule has 0 aliphatic carbocycles. The predicted molar refractivity (Wildman–Crippen MR) is 92.2 cm³/mol. The van der Waals surface area contributed by atoms with Crippen LogP contribution < -0.4 is 10.5 Å². The summed E-state index contributed by atoms with van der Waals surface area (Å²) in [5.74, 6) is -0.149. The maximum absolute atomic E-state index is 12.3. The van der Waals surface area contributed by atoms with E-state index in [1.807, 2.05) is 18.2 Å². The van der Waals surface area contributed by atoms with Gasteiger partial charge in [0.25, 0.3) is 5.91 Å². The van der Waals surface area contributed by atoms with Crippen molar-refractivity contribution in [1.82, 2.24) is 10.3 Å². The number of nitrogens with two attached hydrogens (primary N) is 1. The molecule has 7 heteroatoms. The van der Waals surface area contributed by atoms with Gasteiger partial charge in [-0.3, -0.25) is 4.79 Å². The summed E-state index contributed by atoms with van der Waals surface area (Å²) in [6.45, 7) is 0.449. The summed E-state index contributed by atoms with van der Waals surface area (Å²) in [4.78, 5) is 15.5. The van der Waals surface area contributed by atoms with Crippen molar-refractivity contribution in [2.75, 3.05) is 6.54 Å². The van der Waals surface area contributed by atoms with Crippen molar-refractivity contribution in [3.8, 4) is 0 Å². The number of fused-ring (bicyclic) bond motifs is 1. The van der Waals surface area contributed by atoms with Crippen molar-refractivity contribution in [2.24, 2.45) is 5.14 Å². The van der Waals surface area contributed by atoms with Crippen LogP contribution in [0.3, 0.4) is 0 Å². The molecule has 0 saturated heterocycles. The number of hydrogen-bond donors (Lipinski definition) is 3. The first kappa shape index (κ1) is 16.2. The number of amides is 1. The average molecular weight is 343 g/mol. The van der Waals surface area contributed by atoms with E-state index in [4.69, 9.17) is 5.14 Å². The van der Waals surface area contributed by atoms with Gasteiger partial charge in [0.1, 0.15) is 0 Å². The lowest BCUT2D eigenvalue weighted by Gasteiger charge is -2.07. The first-order valence-corrected chi connectivity index (χ1v) is 8.96. The third-order valence-corrected chi connectivity index (χ3v) is 4.71. The van der Waals surface area contributed by atoms with Crippen LogP contribution >= 0.6 is 0 Å². The number of aromatic amines is 1. The number of para-hydroxylation sites is 1. The lowest BCUT2D eigenvalue weighted by molar-refractivity contribution is 0.0955. The van der Waals surface area contributed by atoms with E-state index in [1.165, 1.54) is 12.1 Å². The van der Waals surface area contributed by atoms with Gasteiger partial charge in [0.05, 0.1) is 16.0 Å². The second-order valence-electron chi connectivity index (χ2n) is 5.44. The topological polar surface area (TPSA) is 105 Å². The maximum Gasteiger partial charge on any atom is 0.253 e. The molecule has 0 unspecified atom stereocenters. The Balaban J connectivity index is 1.62. The molecule has 0 radical (unpaired) electrons. The van der Waals surface area contributed by atoms with Crippen LogP contribution in [0.4, 0.5) is 0 Å². The first-order chi connectivity index (χ1) is 11.4. The Morgan fingerprint density at radius 1 is 1.08 bits per heavy atom. The van der Waals surface area contributed by atoms with Crippen molar-refractivity contribution >= 4 is 26.8 Å². The second kappa shape index (κ2) is 6.46. The molecule has 0 aliphatic rings. The van der Waals surface area contributed by atoms with Gasteiger partial charge in [0.2, 0.25) is 10.0 Å². The molecular weight excluding hydrogens is 326 g/mol. The SMILES string of the molecule is NS(=O)(=O)c1ccc(CCNC(=O)c2cccc3cc[nH]c23)cc1. The van der Waals surface area contributed by atoms with E-state index in [-0.39, 0.29) is 10.8 Å². The molecule has 1 amide bonds. The number of carbonyl (C=O) groups excluding carboxylic acids is 1. The van der Waals surface area contributed by atoms with Gasteiger partial charge in [-0.2, -0.15) is 0 Å². The van der Waals surface area contributed by atoms with Gasteiger partial charge in [-0.25, -0.2) is 13.6 Å². The zero-order valence-corrected chi connectivity index (χ0v) is 13.6. The van der Waals surface area contributed by atoms with E-state index < -0.39 is 10.0 Å². The zero-order chi connectivity index (χ0) is 17.2. The molecule has 1 heterocycles. The number of primary sulfonamides is 1. The van der Waals surface area contributed by atoms with Crippen molar-refractivity contribution in [3.05, 3.63) is 65.9 Å². The molecule has 3 rings (SSSR count). The summed E-state index contributed by atoms with van der Waals surface area (Å²) < 4.78 is 22.4. The minimum atomic E-state index is -3.68. The molecule has 0 spiro atoms. The van der Waals surface area contributed by atoms with E-state index in [2.05, 4.69) is 10.3 Å². The Labute approximate surface area is 139 Å². The lowest BCUT2D eigenvalue weighted by Crippen LogP contribution is -2.25. The molecule has 0 aliphatic heterocycles. The van der Waals surface area contributed by atoms with Gasteiger partial charge in [-0.05, 0) is 36.2 Å². The van der Waals surface area contributed by atoms with Crippen molar-refractivity contribution < 1.29 is 13.2 Å². The van der Waals surface area contributed by atoms with Crippen LogP contribution in [0.2, 0.25) is 0 Å². The number of rotatable bonds is 5. The summed E-state index contributed by atoms with van der Waals surface area (Å²) in [6.07, 6.45) is 2.39. The van der Waals surface area contributed by atoms with Crippen LogP contribution in [0.25, 0.3) is 10.9 Å². The molecular formula is C17H17N3O3S. The number of aromatic nitrogens is 1. The van der Waals surface area contributed by atoms with Gasteiger partial charge in [-0.1, -0.05) is 24.3 Å². The Hall–Kier alpha value is -2.64. The highest BCUT2D eigenvalue weighted by Crippen LogP contribution is 2.16. The molecule has 6 nitrogen and oxygen atoms in total. The Bertz CT molecular complexity index is 976. The van der Waals surface area contributed by atoms with Crippen LogP contribution in [0, 0.1) is 0 Å². The largest absolute Gasteiger partial charge is 0.361 e. The fourth-order valence-corrected chi connectivity index (χ4v) is 3.05. The average Bonchev–Trinajstić information content (AvgIpc) is 3.03. The minimum Gasteiger partial charge on any atom is -0.361 e. The molecule has 124 valence electrons. The van der Waals surface area contributed by atoms with Crippen LogP contribution in [0.1, 0.15) is 15.9 Å². The molecule has 4 N–H and O–H groups in total. The smallest absolute Gasteiger partial charge is 0.253 e. The number of sulfonamides is 1. The normalized spacial score (nSPS) is 11.5. The van der Waals surface area contributed by atoms with Crippen molar-refractivity contribution in [2.45, 2.75) is 11.3 Å². The Kier molecular flexibility index (Phi) is 4.37. The molecule has 0 fully saturated rings. The first-order valence-electron chi connectivity index (χ1n) is 7.41. The molecule has 3 aromatic rings. The third-order valence-electron chi connectivity index (χ3n) is 3.78. The number of benzene rings is 2. The quantitative estimate of drug-likeness (QED) is 0.657. The van der Waals surface area contributed by atoms with Crippen LogP contribution in [0.5, 0.6) is 0 Å². The highest BCUT2D eigenvalue weighted by atomic mass is 32.2. The second-order valence-corrected chi connectivity index (χ2v) is 7.00. The summed E-state index contributed by atoms with van der Waals surface area (Å²) >= 11 is 0. The fourth-order valence-electron chi connectivity index (χ4n) is 2.54. The van der Waals surface area contributed by atoms with E-state index in [0.29, 0.717) is 18.5 Å². The van der Waals surface area contributed by atoms with Crippen LogP contribution in [-0.2, 0) is 16.4 Å². The highest BCUT2D eigenvalue weighted by Gasteiger charge is 2.10. The number of carbonyl (C=O) groups is 1. The molecule has 0 atom stereocenters. The van der Waals surface area contributed by atoms with Gasteiger partial charge in [0, 0.05) is 18.1 Å². The lowest BCUT2D eigenvalue weighted by atomic mass is 10.1. The van der Waals surface area contributed by atoms with Crippen molar-refractivity contribution in [3.63, 3.8) is 0 Å². The molecule has 1 aromatic heterocycles. The molecule has 2 aromatic carbocycles.